The maximum Gasteiger partial charge on any atom is 0.328 e. The monoisotopic (exact) mass is 436 g/mol. The Labute approximate surface area is 187 Å². The summed E-state index contributed by atoms with van der Waals surface area (Å²) in [4.78, 5) is 23.4. The Bertz CT molecular complexity index is 987. The first-order valence-corrected chi connectivity index (χ1v) is 11.1. The average Bonchev–Trinajstić information content (AvgIpc) is 2.79. The van der Waals surface area contributed by atoms with Crippen molar-refractivity contribution in [1.29, 1.82) is 0 Å². The number of piperidine rings is 1. The zero-order valence-electron chi connectivity index (χ0n) is 17.9. The molecule has 2 heterocycles. The van der Waals surface area contributed by atoms with Crippen LogP contribution in [0.15, 0.2) is 54.7 Å². The number of ether oxygens (including phenoxy) is 1. The van der Waals surface area contributed by atoms with Gasteiger partial charge in [-0.2, -0.15) is 0 Å². The first kappa shape index (κ1) is 22.0. The van der Waals surface area contributed by atoms with Gasteiger partial charge in [0.1, 0.15) is 5.75 Å². The highest BCUT2D eigenvalue weighted by atomic mass is 16.5. The molecule has 0 spiro atoms. The molecule has 1 saturated carbocycles. The molecule has 7 heteroatoms. The minimum atomic E-state index is -1.26. The van der Waals surface area contributed by atoms with E-state index in [1.807, 2.05) is 18.2 Å². The van der Waals surface area contributed by atoms with E-state index in [4.69, 9.17) is 14.9 Å². The largest absolute Gasteiger partial charge is 0.478 e. The second kappa shape index (κ2) is 9.53. The van der Waals surface area contributed by atoms with Crippen LogP contribution in [0.3, 0.4) is 0 Å². The van der Waals surface area contributed by atoms with Gasteiger partial charge in [-0.1, -0.05) is 25.0 Å². The lowest BCUT2D eigenvalue weighted by Crippen LogP contribution is -2.59. The molecule has 2 aromatic rings. The molecule has 0 unspecified atom stereocenters. The van der Waals surface area contributed by atoms with E-state index in [-0.39, 0.29) is 0 Å². The fraction of sp³-hybridized carbons (Fsp3) is 0.400. The highest BCUT2D eigenvalue weighted by molar-refractivity contribution is 5.89. The van der Waals surface area contributed by atoms with E-state index in [1.165, 1.54) is 44.1 Å². The van der Waals surface area contributed by atoms with E-state index >= 15 is 0 Å². The number of pyridine rings is 1. The Morgan fingerprint density at radius 2 is 1.91 bits per heavy atom. The van der Waals surface area contributed by atoms with Gasteiger partial charge in [0.05, 0.1) is 0 Å². The molecule has 2 fully saturated rings. The number of hydrogen-bond acceptors (Lipinski definition) is 5. The van der Waals surface area contributed by atoms with Gasteiger partial charge in [-0.15, -0.1) is 0 Å². The quantitative estimate of drug-likeness (QED) is 0.623. The number of hydrogen-bond donors (Lipinski definition) is 3. The summed E-state index contributed by atoms with van der Waals surface area (Å²) in [6, 6.07) is 13.2. The minimum absolute atomic E-state index is 0.380. The van der Waals surface area contributed by atoms with Crippen LogP contribution in [0, 0.1) is 5.92 Å². The summed E-state index contributed by atoms with van der Waals surface area (Å²) in [7, 11) is 0. The Morgan fingerprint density at radius 3 is 2.62 bits per heavy atom. The van der Waals surface area contributed by atoms with Crippen LogP contribution in [0.1, 0.15) is 43.2 Å². The van der Waals surface area contributed by atoms with E-state index < -0.39 is 11.9 Å². The van der Waals surface area contributed by atoms with Crippen molar-refractivity contribution in [2.75, 3.05) is 6.54 Å². The molecule has 1 aliphatic heterocycles. The molecule has 1 aromatic heterocycles. The van der Waals surface area contributed by atoms with Crippen molar-refractivity contribution in [3.63, 3.8) is 0 Å². The summed E-state index contributed by atoms with van der Waals surface area (Å²) < 4.78 is 6.03. The van der Waals surface area contributed by atoms with Crippen molar-refractivity contribution in [2.24, 2.45) is 5.92 Å². The fourth-order valence-corrected chi connectivity index (χ4v) is 5.64. The lowest BCUT2D eigenvalue weighted by molar-refractivity contribution is -0.134. The number of benzene rings is 1. The molecule has 3 N–H and O–H groups in total. The van der Waals surface area contributed by atoms with Gasteiger partial charge in [-0.05, 0) is 67.5 Å². The van der Waals surface area contributed by atoms with Gasteiger partial charge in [0.2, 0.25) is 5.88 Å². The van der Waals surface area contributed by atoms with E-state index in [0.717, 1.165) is 18.2 Å². The number of nitrogens with zero attached hydrogens (tertiary/aromatic N) is 1. The zero-order chi connectivity index (χ0) is 22.6. The topological polar surface area (TPSA) is 109 Å². The van der Waals surface area contributed by atoms with E-state index in [0.29, 0.717) is 29.5 Å². The number of nitrogens with one attached hydrogen (secondary N) is 1. The third-order valence-electron chi connectivity index (χ3n) is 6.85. The Kier molecular flexibility index (Phi) is 6.55. The number of aromatic nitrogens is 1. The second-order valence-electron chi connectivity index (χ2n) is 8.62. The predicted molar refractivity (Wildman–Crippen MR) is 119 cm³/mol. The Balaban J connectivity index is 0.000000265. The van der Waals surface area contributed by atoms with Crippen molar-refractivity contribution in [2.45, 2.75) is 50.0 Å². The van der Waals surface area contributed by atoms with Crippen molar-refractivity contribution >= 4 is 11.9 Å². The molecule has 2 aliphatic carbocycles. The van der Waals surface area contributed by atoms with Gasteiger partial charge in [-0.3, -0.25) is 0 Å². The number of carboxylic acid groups (broad SMARTS) is 2. The molecule has 3 atom stereocenters. The van der Waals surface area contributed by atoms with Crippen LogP contribution < -0.4 is 10.1 Å². The highest BCUT2D eigenvalue weighted by Crippen LogP contribution is 2.54. The molecule has 168 valence electrons. The SMILES string of the molecule is O=C(O)/C=C\C(=O)O.c1ccc(Oc2ccc3c(c2)[C@@]24CCCC[C@H]2[C@@H](C3)NCC4)nc1. The van der Waals surface area contributed by atoms with E-state index in [1.54, 1.807) is 11.8 Å². The number of carbonyl (C=O) groups is 2. The summed E-state index contributed by atoms with van der Waals surface area (Å²) in [6.45, 7) is 1.16. The third kappa shape index (κ3) is 4.67. The summed E-state index contributed by atoms with van der Waals surface area (Å²) in [5.41, 5.74) is 3.47. The molecule has 3 aliphatic rings. The van der Waals surface area contributed by atoms with Gasteiger partial charge < -0.3 is 20.3 Å². The zero-order valence-corrected chi connectivity index (χ0v) is 17.9. The van der Waals surface area contributed by atoms with Gasteiger partial charge >= 0.3 is 11.9 Å². The molecule has 5 rings (SSSR count). The van der Waals surface area contributed by atoms with Crippen LogP contribution in [0.2, 0.25) is 0 Å². The maximum absolute atomic E-state index is 9.55. The average molecular weight is 437 g/mol. The standard InChI is InChI=1S/C21H24N2O.C4H4O4/c1-3-9-21-10-12-22-19(17(21)5-1)13-15-7-8-16(14-18(15)21)24-20-6-2-4-11-23-20;5-3(6)1-2-4(7)8/h2,4,6-8,11,14,17,19,22H,1,3,5,9-10,12-13H2;1-2H,(H,5,6)(H,7,8)/b;2-1-/t17-,19+,21+;/m0./s1. The van der Waals surface area contributed by atoms with Crippen LogP contribution in [-0.2, 0) is 21.4 Å². The number of rotatable bonds is 4. The van der Waals surface area contributed by atoms with Crippen LogP contribution in [-0.4, -0.2) is 39.7 Å². The first-order chi connectivity index (χ1) is 15.5. The molecule has 1 saturated heterocycles. The van der Waals surface area contributed by atoms with Crippen molar-refractivity contribution in [3.8, 4) is 11.6 Å². The van der Waals surface area contributed by atoms with Crippen LogP contribution >= 0.6 is 0 Å². The van der Waals surface area contributed by atoms with E-state index in [9.17, 15) is 9.59 Å². The predicted octanol–water partition coefficient (Wildman–Crippen LogP) is 3.93. The smallest absolute Gasteiger partial charge is 0.328 e. The van der Waals surface area contributed by atoms with Crippen LogP contribution in [0.4, 0.5) is 0 Å². The second-order valence-corrected chi connectivity index (χ2v) is 8.62. The van der Waals surface area contributed by atoms with Gasteiger partial charge in [0.25, 0.3) is 0 Å². The van der Waals surface area contributed by atoms with Gasteiger partial charge in [0.15, 0.2) is 0 Å². The number of carboxylic acids is 2. The van der Waals surface area contributed by atoms with Crippen LogP contribution in [0.25, 0.3) is 0 Å². The van der Waals surface area contributed by atoms with Crippen molar-refractivity contribution in [1.82, 2.24) is 10.3 Å². The van der Waals surface area contributed by atoms with Crippen LogP contribution in [0.5, 0.6) is 11.6 Å². The summed E-state index contributed by atoms with van der Waals surface area (Å²) >= 11 is 0. The van der Waals surface area contributed by atoms with Gasteiger partial charge in [-0.25, -0.2) is 14.6 Å². The first-order valence-electron chi connectivity index (χ1n) is 11.1. The Morgan fingerprint density at radius 1 is 1.09 bits per heavy atom. The summed E-state index contributed by atoms with van der Waals surface area (Å²) in [5, 5.41) is 19.4. The minimum Gasteiger partial charge on any atom is -0.478 e. The van der Waals surface area contributed by atoms with Crippen molar-refractivity contribution in [3.05, 3.63) is 65.9 Å². The van der Waals surface area contributed by atoms with E-state index in [2.05, 4.69) is 28.5 Å². The molecule has 0 radical (unpaired) electrons. The molecule has 0 amide bonds. The maximum atomic E-state index is 9.55. The molecule has 7 nitrogen and oxygen atoms in total. The molecule has 2 bridgehead atoms. The molecule has 1 aromatic carbocycles. The highest BCUT2D eigenvalue weighted by Gasteiger charge is 2.51. The Hall–Kier alpha value is -3.19. The molecule has 32 heavy (non-hydrogen) atoms. The molecular formula is C25H28N2O5. The molecular weight excluding hydrogens is 408 g/mol. The third-order valence-corrected chi connectivity index (χ3v) is 6.85. The number of aliphatic carboxylic acids is 2. The number of fused-ring (bicyclic) bond motifs is 1. The van der Waals surface area contributed by atoms with Gasteiger partial charge in [0, 0.05) is 35.9 Å². The fourth-order valence-electron chi connectivity index (χ4n) is 5.64. The normalized spacial score (nSPS) is 25.6. The lowest BCUT2D eigenvalue weighted by atomic mass is 9.53. The van der Waals surface area contributed by atoms with Crippen molar-refractivity contribution < 1.29 is 24.5 Å². The summed E-state index contributed by atoms with van der Waals surface area (Å²) in [5.74, 6) is -0.102. The summed E-state index contributed by atoms with van der Waals surface area (Å²) in [6.07, 6.45) is 10.8. The lowest BCUT2D eigenvalue weighted by Gasteiger charge is -2.56.